The van der Waals surface area contributed by atoms with Gasteiger partial charge in [0, 0.05) is 0 Å². The van der Waals surface area contributed by atoms with Crippen LogP contribution in [0.5, 0.6) is 0 Å². The van der Waals surface area contributed by atoms with Crippen molar-refractivity contribution in [2.75, 3.05) is 17.5 Å². The highest BCUT2D eigenvalue weighted by Gasteiger charge is 2.35. The lowest BCUT2D eigenvalue weighted by Crippen LogP contribution is -2.36. The molecule has 5 heteroatoms. The average molecular weight is 345 g/mol. The molecule has 128 valence electrons. The van der Waals surface area contributed by atoms with Crippen molar-refractivity contribution in [3.8, 4) is 0 Å². The van der Waals surface area contributed by atoms with Crippen LogP contribution in [0.25, 0.3) is 0 Å². The van der Waals surface area contributed by atoms with Crippen LogP contribution < -0.4 is 4.31 Å². The molecule has 1 heterocycles. The number of epoxide rings is 1. The topological polar surface area (TPSA) is 49.9 Å². The number of para-hydroxylation sites is 1. The van der Waals surface area contributed by atoms with E-state index in [1.54, 1.807) is 24.3 Å². The molecule has 0 aromatic heterocycles. The molecule has 1 atom stereocenters. The molecule has 0 spiro atoms. The summed E-state index contributed by atoms with van der Waals surface area (Å²) in [5, 5.41) is 0. The lowest BCUT2D eigenvalue weighted by molar-refractivity contribution is 0.412. The van der Waals surface area contributed by atoms with Crippen molar-refractivity contribution in [3.63, 3.8) is 0 Å². The van der Waals surface area contributed by atoms with Gasteiger partial charge >= 0.3 is 0 Å². The summed E-state index contributed by atoms with van der Waals surface area (Å²) in [5.41, 5.74) is 1.57. The number of hydrogen-bond donors (Lipinski definition) is 0. The van der Waals surface area contributed by atoms with Crippen LogP contribution in [-0.2, 0) is 20.2 Å². The molecule has 1 aliphatic rings. The first-order valence-corrected chi connectivity index (χ1v) is 9.53. The number of rotatable bonds is 5. The van der Waals surface area contributed by atoms with Crippen molar-refractivity contribution in [3.05, 3.63) is 60.2 Å². The van der Waals surface area contributed by atoms with Gasteiger partial charge in [0.2, 0.25) is 0 Å². The van der Waals surface area contributed by atoms with Crippen molar-refractivity contribution in [1.82, 2.24) is 0 Å². The summed E-state index contributed by atoms with van der Waals surface area (Å²) in [7, 11) is -3.64. The number of ether oxygens (including phenoxy) is 1. The second-order valence-corrected chi connectivity index (χ2v) is 8.93. The van der Waals surface area contributed by atoms with Crippen LogP contribution in [-0.4, -0.2) is 27.7 Å². The lowest BCUT2D eigenvalue weighted by atomic mass is 9.86. The minimum Gasteiger partial charge on any atom is -0.371 e. The molecular formula is C19H23NO3S. The van der Waals surface area contributed by atoms with Crippen LogP contribution in [0.4, 0.5) is 5.69 Å². The van der Waals surface area contributed by atoms with E-state index in [9.17, 15) is 8.42 Å². The van der Waals surface area contributed by atoms with E-state index in [-0.39, 0.29) is 11.5 Å². The Labute approximate surface area is 144 Å². The fourth-order valence-electron chi connectivity index (χ4n) is 2.73. The lowest BCUT2D eigenvalue weighted by Gasteiger charge is -2.30. The molecule has 4 nitrogen and oxygen atoms in total. The third-order valence-corrected chi connectivity index (χ3v) is 5.88. The second-order valence-electron chi connectivity index (χ2n) is 7.07. The minimum atomic E-state index is -3.64. The fraction of sp³-hybridized carbons (Fsp3) is 0.368. The van der Waals surface area contributed by atoms with E-state index >= 15 is 0 Å². The Morgan fingerprint density at radius 2 is 1.62 bits per heavy atom. The van der Waals surface area contributed by atoms with Gasteiger partial charge in [0.05, 0.1) is 29.8 Å². The van der Waals surface area contributed by atoms with E-state index in [2.05, 4.69) is 20.8 Å². The van der Waals surface area contributed by atoms with Crippen LogP contribution in [0.15, 0.2) is 59.5 Å². The molecule has 1 saturated heterocycles. The first kappa shape index (κ1) is 17.0. The van der Waals surface area contributed by atoms with Crippen LogP contribution in [0.1, 0.15) is 26.3 Å². The van der Waals surface area contributed by atoms with Crippen molar-refractivity contribution in [2.24, 2.45) is 0 Å². The molecule has 0 bridgehead atoms. The van der Waals surface area contributed by atoms with Crippen LogP contribution in [0, 0.1) is 0 Å². The van der Waals surface area contributed by atoms with E-state index in [1.165, 1.54) is 4.31 Å². The normalized spacial score (nSPS) is 17.5. The standard InChI is InChI=1S/C19H23NO3S/c1-19(2,3)17-11-7-8-12-18(17)20(13-15-14-23-15)24(21,22)16-9-5-4-6-10-16/h4-12,15H,13-14H2,1-3H3. The summed E-state index contributed by atoms with van der Waals surface area (Å²) in [4.78, 5) is 0.300. The van der Waals surface area contributed by atoms with Crippen molar-refractivity contribution in [1.29, 1.82) is 0 Å². The Kier molecular flexibility index (Phi) is 4.40. The molecule has 1 unspecified atom stereocenters. The van der Waals surface area contributed by atoms with Gasteiger partial charge in [-0.2, -0.15) is 0 Å². The number of benzene rings is 2. The number of hydrogen-bond acceptors (Lipinski definition) is 3. The molecule has 3 rings (SSSR count). The monoisotopic (exact) mass is 345 g/mol. The highest BCUT2D eigenvalue weighted by atomic mass is 32.2. The predicted octanol–water partition coefficient (Wildman–Crippen LogP) is 3.58. The first-order valence-electron chi connectivity index (χ1n) is 8.09. The molecule has 2 aromatic rings. The minimum absolute atomic E-state index is 0.0310. The zero-order chi connectivity index (χ0) is 17.4. The highest BCUT2D eigenvalue weighted by molar-refractivity contribution is 7.92. The molecule has 1 fully saturated rings. The fourth-order valence-corrected chi connectivity index (χ4v) is 4.27. The molecular weight excluding hydrogens is 322 g/mol. The summed E-state index contributed by atoms with van der Waals surface area (Å²) >= 11 is 0. The SMILES string of the molecule is CC(C)(C)c1ccccc1N(CC1CO1)S(=O)(=O)c1ccccc1. The molecule has 1 aliphatic heterocycles. The van der Waals surface area contributed by atoms with E-state index < -0.39 is 10.0 Å². The van der Waals surface area contributed by atoms with Crippen LogP contribution in [0.2, 0.25) is 0 Å². The molecule has 0 amide bonds. The molecule has 0 N–H and O–H groups in total. The number of nitrogens with zero attached hydrogens (tertiary/aromatic N) is 1. The molecule has 2 aromatic carbocycles. The van der Waals surface area contributed by atoms with Gasteiger partial charge in [-0.25, -0.2) is 8.42 Å². The molecule has 0 saturated carbocycles. The maximum absolute atomic E-state index is 13.2. The molecule has 0 aliphatic carbocycles. The smallest absolute Gasteiger partial charge is 0.264 e. The van der Waals surface area contributed by atoms with Gasteiger partial charge in [-0.3, -0.25) is 4.31 Å². The van der Waals surface area contributed by atoms with Crippen molar-refractivity contribution < 1.29 is 13.2 Å². The third-order valence-electron chi connectivity index (χ3n) is 4.08. The summed E-state index contributed by atoms with van der Waals surface area (Å²) in [6, 6.07) is 16.3. The van der Waals surface area contributed by atoms with Crippen molar-refractivity contribution in [2.45, 2.75) is 37.2 Å². The summed E-state index contributed by atoms with van der Waals surface area (Å²) in [6.45, 7) is 7.22. The van der Waals surface area contributed by atoms with Crippen LogP contribution in [0.3, 0.4) is 0 Å². The van der Waals surface area contributed by atoms with Gasteiger partial charge in [0.25, 0.3) is 10.0 Å². The predicted molar refractivity (Wildman–Crippen MR) is 95.9 cm³/mol. The summed E-state index contributed by atoms with van der Waals surface area (Å²) in [6.07, 6.45) is -0.0310. The summed E-state index contributed by atoms with van der Waals surface area (Å²) in [5.74, 6) is 0. The van der Waals surface area contributed by atoms with Gasteiger partial charge in [0.1, 0.15) is 0 Å². The van der Waals surface area contributed by atoms with E-state index in [0.29, 0.717) is 18.0 Å². The zero-order valence-electron chi connectivity index (χ0n) is 14.3. The van der Waals surface area contributed by atoms with Crippen molar-refractivity contribution >= 4 is 15.7 Å². The van der Waals surface area contributed by atoms with Gasteiger partial charge in [0.15, 0.2) is 0 Å². The Morgan fingerprint density at radius 1 is 1.04 bits per heavy atom. The quantitative estimate of drug-likeness (QED) is 0.778. The van der Waals surface area contributed by atoms with Gasteiger partial charge in [-0.15, -0.1) is 0 Å². The zero-order valence-corrected chi connectivity index (χ0v) is 15.1. The van der Waals surface area contributed by atoms with E-state index in [4.69, 9.17) is 4.74 Å². The number of anilines is 1. The van der Waals surface area contributed by atoms with Gasteiger partial charge in [-0.1, -0.05) is 57.2 Å². The first-order chi connectivity index (χ1) is 11.3. The Balaban J connectivity index is 2.12. The highest BCUT2D eigenvalue weighted by Crippen LogP contribution is 2.35. The molecule has 24 heavy (non-hydrogen) atoms. The van der Waals surface area contributed by atoms with E-state index in [0.717, 1.165) is 11.3 Å². The average Bonchev–Trinajstić information content (AvgIpc) is 3.37. The Bertz CT molecular complexity index is 806. The largest absolute Gasteiger partial charge is 0.371 e. The summed E-state index contributed by atoms with van der Waals surface area (Å²) < 4.78 is 33.3. The van der Waals surface area contributed by atoms with Gasteiger partial charge in [-0.05, 0) is 29.2 Å². The number of sulfonamides is 1. The van der Waals surface area contributed by atoms with Gasteiger partial charge < -0.3 is 4.74 Å². The molecule has 0 radical (unpaired) electrons. The maximum Gasteiger partial charge on any atom is 0.264 e. The Morgan fingerprint density at radius 3 is 2.21 bits per heavy atom. The van der Waals surface area contributed by atoms with Crippen LogP contribution >= 0.6 is 0 Å². The Hall–Kier alpha value is -1.85. The second kappa shape index (κ2) is 6.22. The maximum atomic E-state index is 13.2. The van der Waals surface area contributed by atoms with E-state index in [1.807, 2.05) is 30.3 Å². The third kappa shape index (κ3) is 3.47.